The van der Waals surface area contributed by atoms with Crippen LogP contribution < -0.4 is 10.5 Å². The molecule has 0 atom stereocenters. The Morgan fingerprint density at radius 3 is 2.86 bits per heavy atom. The summed E-state index contributed by atoms with van der Waals surface area (Å²) in [5.41, 5.74) is 7.61. The molecule has 1 aromatic rings. The Kier molecular flexibility index (Phi) is 3.87. The maximum Gasteiger partial charge on any atom is 0.142 e. The maximum atomic E-state index is 5.78. The van der Waals surface area contributed by atoms with Crippen LogP contribution in [0.2, 0.25) is 0 Å². The number of nitrogen functional groups attached to an aromatic ring is 1. The SMILES string of the molecule is CC#CCCOc1ccc(C)cc1N. The van der Waals surface area contributed by atoms with E-state index in [1.54, 1.807) is 0 Å². The molecule has 0 radical (unpaired) electrons. The Morgan fingerprint density at radius 2 is 2.21 bits per heavy atom. The van der Waals surface area contributed by atoms with E-state index in [4.69, 9.17) is 10.5 Å². The van der Waals surface area contributed by atoms with Gasteiger partial charge in [-0.15, -0.1) is 11.8 Å². The van der Waals surface area contributed by atoms with E-state index in [9.17, 15) is 0 Å². The molecule has 0 amide bonds. The molecular weight excluding hydrogens is 174 g/mol. The van der Waals surface area contributed by atoms with Crippen LogP contribution >= 0.6 is 0 Å². The second kappa shape index (κ2) is 5.18. The summed E-state index contributed by atoms with van der Waals surface area (Å²) in [7, 11) is 0. The standard InChI is InChI=1S/C12H15NO/c1-3-4-5-8-14-12-7-6-10(2)9-11(12)13/h6-7,9H,5,8,13H2,1-2H3. The van der Waals surface area contributed by atoms with E-state index in [2.05, 4.69) is 11.8 Å². The lowest BCUT2D eigenvalue weighted by molar-refractivity contribution is 0.329. The summed E-state index contributed by atoms with van der Waals surface area (Å²) in [5.74, 6) is 6.49. The van der Waals surface area contributed by atoms with Crippen LogP contribution in [0.5, 0.6) is 5.75 Å². The Labute approximate surface area is 85.1 Å². The summed E-state index contributed by atoms with van der Waals surface area (Å²) in [5, 5.41) is 0. The fourth-order valence-corrected chi connectivity index (χ4v) is 1.14. The molecule has 0 aromatic heterocycles. The van der Waals surface area contributed by atoms with Gasteiger partial charge in [0.1, 0.15) is 5.75 Å². The highest BCUT2D eigenvalue weighted by Crippen LogP contribution is 2.21. The van der Waals surface area contributed by atoms with E-state index < -0.39 is 0 Å². The Morgan fingerprint density at radius 1 is 1.43 bits per heavy atom. The smallest absolute Gasteiger partial charge is 0.142 e. The zero-order valence-corrected chi connectivity index (χ0v) is 8.63. The lowest BCUT2D eigenvalue weighted by Crippen LogP contribution is -1.99. The molecule has 0 aliphatic heterocycles. The Hall–Kier alpha value is -1.62. The van der Waals surface area contributed by atoms with Crippen LogP contribution in [0.3, 0.4) is 0 Å². The molecule has 0 saturated carbocycles. The van der Waals surface area contributed by atoms with E-state index in [0.717, 1.165) is 17.7 Å². The third-order valence-electron chi connectivity index (χ3n) is 1.83. The third kappa shape index (κ3) is 3.02. The van der Waals surface area contributed by atoms with E-state index >= 15 is 0 Å². The predicted octanol–water partition coefficient (Wildman–Crippen LogP) is 2.37. The number of ether oxygens (including phenoxy) is 1. The molecule has 0 unspecified atom stereocenters. The number of benzene rings is 1. The first-order chi connectivity index (χ1) is 6.74. The highest BCUT2D eigenvalue weighted by atomic mass is 16.5. The number of nitrogens with two attached hydrogens (primary N) is 1. The number of hydrogen-bond acceptors (Lipinski definition) is 2. The third-order valence-corrected chi connectivity index (χ3v) is 1.83. The summed E-state index contributed by atoms with van der Waals surface area (Å²) < 4.78 is 5.47. The minimum Gasteiger partial charge on any atom is -0.490 e. The Bertz CT molecular complexity index is 360. The van der Waals surface area contributed by atoms with Crippen molar-refractivity contribution in [2.75, 3.05) is 12.3 Å². The van der Waals surface area contributed by atoms with Gasteiger partial charge in [-0.3, -0.25) is 0 Å². The number of anilines is 1. The molecule has 0 aliphatic rings. The van der Waals surface area contributed by atoms with Crippen molar-refractivity contribution in [3.63, 3.8) is 0 Å². The summed E-state index contributed by atoms with van der Waals surface area (Å²) in [4.78, 5) is 0. The molecule has 0 heterocycles. The van der Waals surface area contributed by atoms with Crippen molar-refractivity contribution in [3.8, 4) is 17.6 Å². The van der Waals surface area contributed by atoms with E-state index in [1.165, 1.54) is 0 Å². The fourth-order valence-electron chi connectivity index (χ4n) is 1.14. The van der Waals surface area contributed by atoms with Crippen LogP contribution in [-0.4, -0.2) is 6.61 Å². The van der Waals surface area contributed by atoms with Gasteiger partial charge in [0.15, 0.2) is 0 Å². The minimum atomic E-state index is 0.591. The zero-order valence-electron chi connectivity index (χ0n) is 8.63. The van der Waals surface area contributed by atoms with Gasteiger partial charge in [-0.1, -0.05) is 6.07 Å². The van der Waals surface area contributed by atoms with Crippen molar-refractivity contribution in [2.24, 2.45) is 0 Å². The van der Waals surface area contributed by atoms with Gasteiger partial charge in [0.25, 0.3) is 0 Å². The van der Waals surface area contributed by atoms with Crippen LogP contribution in [0.25, 0.3) is 0 Å². The molecule has 0 aliphatic carbocycles. The van der Waals surface area contributed by atoms with Gasteiger partial charge < -0.3 is 10.5 Å². The topological polar surface area (TPSA) is 35.2 Å². The van der Waals surface area contributed by atoms with Crippen LogP contribution in [0.1, 0.15) is 18.9 Å². The summed E-state index contributed by atoms with van der Waals surface area (Å²) in [6.07, 6.45) is 0.740. The molecule has 0 fully saturated rings. The van der Waals surface area contributed by atoms with Gasteiger partial charge >= 0.3 is 0 Å². The van der Waals surface area contributed by atoms with Crippen LogP contribution in [0.15, 0.2) is 18.2 Å². The highest BCUT2D eigenvalue weighted by molar-refractivity contribution is 5.53. The van der Waals surface area contributed by atoms with Crippen LogP contribution in [0.4, 0.5) is 5.69 Å². The molecule has 0 bridgehead atoms. The molecule has 14 heavy (non-hydrogen) atoms. The van der Waals surface area contributed by atoms with Crippen molar-refractivity contribution < 1.29 is 4.74 Å². The molecule has 1 rings (SSSR count). The van der Waals surface area contributed by atoms with Gasteiger partial charge in [-0.05, 0) is 31.5 Å². The Balaban J connectivity index is 2.53. The number of hydrogen-bond donors (Lipinski definition) is 1. The predicted molar refractivity (Wildman–Crippen MR) is 59.2 cm³/mol. The second-order valence-corrected chi connectivity index (χ2v) is 3.07. The fraction of sp³-hybridized carbons (Fsp3) is 0.333. The minimum absolute atomic E-state index is 0.591. The molecule has 1 aromatic carbocycles. The van der Waals surface area contributed by atoms with Crippen LogP contribution in [0, 0.1) is 18.8 Å². The summed E-state index contributed by atoms with van der Waals surface area (Å²) in [6, 6.07) is 5.78. The molecule has 2 nitrogen and oxygen atoms in total. The van der Waals surface area contributed by atoms with Gasteiger partial charge in [-0.25, -0.2) is 0 Å². The molecule has 0 saturated heterocycles. The first-order valence-corrected chi connectivity index (χ1v) is 4.62. The molecular formula is C12H15NO. The van der Waals surface area contributed by atoms with Crippen molar-refractivity contribution in [3.05, 3.63) is 23.8 Å². The monoisotopic (exact) mass is 189 g/mol. The first-order valence-electron chi connectivity index (χ1n) is 4.62. The quantitative estimate of drug-likeness (QED) is 0.450. The van der Waals surface area contributed by atoms with Crippen LogP contribution in [-0.2, 0) is 0 Å². The van der Waals surface area contributed by atoms with E-state index in [-0.39, 0.29) is 0 Å². The van der Waals surface area contributed by atoms with Crippen molar-refractivity contribution in [2.45, 2.75) is 20.3 Å². The summed E-state index contributed by atoms with van der Waals surface area (Å²) >= 11 is 0. The van der Waals surface area contributed by atoms with E-state index in [0.29, 0.717) is 12.3 Å². The molecule has 2 heteroatoms. The summed E-state index contributed by atoms with van der Waals surface area (Å²) in [6.45, 7) is 4.41. The number of rotatable bonds is 3. The largest absolute Gasteiger partial charge is 0.490 e. The van der Waals surface area contributed by atoms with E-state index in [1.807, 2.05) is 32.0 Å². The van der Waals surface area contributed by atoms with Gasteiger partial charge in [0.2, 0.25) is 0 Å². The van der Waals surface area contributed by atoms with Crippen molar-refractivity contribution in [1.29, 1.82) is 0 Å². The van der Waals surface area contributed by atoms with Crippen molar-refractivity contribution in [1.82, 2.24) is 0 Å². The maximum absolute atomic E-state index is 5.78. The number of aryl methyl sites for hydroxylation is 1. The molecule has 74 valence electrons. The average Bonchev–Trinajstić information content (AvgIpc) is 2.15. The second-order valence-electron chi connectivity index (χ2n) is 3.07. The zero-order chi connectivity index (χ0) is 10.4. The average molecular weight is 189 g/mol. The lowest BCUT2D eigenvalue weighted by atomic mass is 10.2. The first kappa shape index (κ1) is 10.5. The normalized spacial score (nSPS) is 9.00. The van der Waals surface area contributed by atoms with Gasteiger partial charge in [0, 0.05) is 6.42 Å². The van der Waals surface area contributed by atoms with Crippen molar-refractivity contribution >= 4 is 5.69 Å². The van der Waals surface area contributed by atoms with Gasteiger partial charge in [-0.2, -0.15) is 0 Å². The van der Waals surface area contributed by atoms with Gasteiger partial charge in [0.05, 0.1) is 12.3 Å². The lowest BCUT2D eigenvalue weighted by Gasteiger charge is -2.07. The molecule has 0 spiro atoms. The molecule has 2 N–H and O–H groups in total. The highest BCUT2D eigenvalue weighted by Gasteiger charge is 1.98.